The summed E-state index contributed by atoms with van der Waals surface area (Å²) in [4.78, 5) is 23.5. The molecule has 0 fully saturated rings. The van der Waals surface area contributed by atoms with E-state index in [4.69, 9.17) is 9.47 Å². The first kappa shape index (κ1) is 21.2. The van der Waals surface area contributed by atoms with Gasteiger partial charge in [0.15, 0.2) is 11.6 Å². The summed E-state index contributed by atoms with van der Waals surface area (Å²) in [5.41, 5.74) is 0.906. The van der Waals surface area contributed by atoms with E-state index in [1.54, 1.807) is 19.1 Å². The highest BCUT2D eigenvalue weighted by Gasteiger charge is 2.10. The minimum Gasteiger partial charge on any atom is -0.488 e. The maximum Gasteiger partial charge on any atom is 0.407 e. The molecule has 0 aliphatic heterocycles. The quantitative estimate of drug-likeness (QED) is 0.612. The van der Waals surface area contributed by atoms with Gasteiger partial charge in [0, 0.05) is 13.0 Å². The Bertz CT molecular complexity index is 755. The zero-order chi connectivity index (χ0) is 20.2. The van der Waals surface area contributed by atoms with Gasteiger partial charge in [0.05, 0.1) is 6.04 Å². The van der Waals surface area contributed by atoms with Crippen molar-refractivity contribution in [2.24, 2.45) is 0 Å². The van der Waals surface area contributed by atoms with E-state index < -0.39 is 11.9 Å². The molecule has 0 aliphatic rings. The predicted octanol–water partition coefficient (Wildman–Crippen LogP) is 3.42. The molecule has 0 saturated heterocycles. The average molecular weight is 388 g/mol. The minimum absolute atomic E-state index is 0.154. The predicted molar refractivity (Wildman–Crippen MR) is 103 cm³/mol. The summed E-state index contributed by atoms with van der Waals surface area (Å²) in [5, 5.41) is 5.38. The number of hydrogen-bond acceptors (Lipinski definition) is 4. The molecule has 0 spiro atoms. The van der Waals surface area contributed by atoms with Gasteiger partial charge in [0.2, 0.25) is 5.91 Å². The Morgan fingerprint density at radius 3 is 2.54 bits per heavy atom. The first-order valence-electron chi connectivity index (χ1n) is 9.16. The first-order chi connectivity index (χ1) is 13.5. The van der Waals surface area contributed by atoms with E-state index in [0.29, 0.717) is 13.0 Å². The average Bonchev–Trinajstić information content (AvgIpc) is 2.70. The highest BCUT2D eigenvalue weighted by molar-refractivity contribution is 5.76. The van der Waals surface area contributed by atoms with Crippen molar-refractivity contribution in [1.29, 1.82) is 0 Å². The highest BCUT2D eigenvalue weighted by atomic mass is 19.1. The fourth-order valence-electron chi connectivity index (χ4n) is 2.38. The molecule has 0 aliphatic carbocycles. The molecule has 0 radical (unpaired) electrons. The summed E-state index contributed by atoms with van der Waals surface area (Å²) in [6, 6.07) is 15.2. The second kappa shape index (κ2) is 11.6. The molecule has 2 amide bonds. The lowest BCUT2D eigenvalue weighted by Gasteiger charge is -2.15. The van der Waals surface area contributed by atoms with Crippen LogP contribution in [0.3, 0.4) is 0 Å². The number of rotatable bonds is 10. The molecule has 1 unspecified atom stereocenters. The number of para-hydroxylation sites is 1. The summed E-state index contributed by atoms with van der Waals surface area (Å²) in [6.45, 7) is 2.47. The SMILES string of the molecule is CC(COc1ccccc1F)NC(=O)CCCNC(=O)OCc1ccccc1. The molecule has 150 valence electrons. The van der Waals surface area contributed by atoms with Gasteiger partial charge in [-0.3, -0.25) is 4.79 Å². The van der Waals surface area contributed by atoms with Crippen molar-refractivity contribution in [2.45, 2.75) is 32.4 Å². The van der Waals surface area contributed by atoms with E-state index in [-0.39, 0.29) is 37.3 Å². The second-order valence-corrected chi connectivity index (χ2v) is 6.30. The number of benzene rings is 2. The van der Waals surface area contributed by atoms with Crippen LogP contribution in [0, 0.1) is 5.82 Å². The van der Waals surface area contributed by atoms with Crippen LogP contribution in [-0.4, -0.2) is 31.2 Å². The van der Waals surface area contributed by atoms with Crippen molar-refractivity contribution in [2.75, 3.05) is 13.2 Å². The molecular weight excluding hydrogens is 363 g/mol. The van der Waals surface area contributed by atoms with Gasteiger partial charge in [0.1, 0.15) is 13.2 Å². The molecule has 1 atom stereocenters. The van der Waals surface area contributed by atoms with Crippen LogP contribution in [0.4, 0.5) is 9.18 Å². The molecule has 2 N–H and O–H groups in total. The van der Waals surface area contributed by atoms with Gasteiger partial charge in [-0.2, -0.15) is 0 Å². The maximum absolute atomic E-state index is 13.5. The fourth-order valence-corrected chi connectivity index (χ4v) is 2.38. The molecule has 0 heterocycles. The van der Waals surface area contributed by atoms with E-state index in [9.17, 15) is 14.0 Å². The van der Waals surface area contributed by atoms with Crippen molar-refractivity contribution in [3.8, 4) is 5.75 Å². The van der Waals surface area contributed by atoms with Gasteiger partial charge < -0.3 is 20.1 Å². The molecule has 7 heteroatoms. The van der Waals surface area contributed by atoms with Crippen LogP contribution in [0.25, 0.3) is 0 Å². The third-order valence-corrected chi connectivity index (χ3v) is 3.80. The summed E-state index contributed by atoms with van der Waals surface area (Å²) >= 11 is 0. The van der Waals surface area contributed by atoms with Crippen molar-refractivity contribution >= 4 is 12.0 Å². The van der Waals surface area contributed by atoms with Crippen LogP contribution >= 0.6 is 0 Å². The topological polar surface area (TPSA) is 76.7 Å². The Morgan fingerprint density at radius 1 is 1.07 bits per heavy atom. The lowest BCUT2D eigenvalue weighted by Crippen LogP contribution is -2.37. The maximum atomic E-state index is 13.5. The van der Waals surface area contributed by atoms with Crippen LogP contribution in [0.1, 0.15) is 25.3 Å². The number of ether oxygens (including phenoxy) is 2. The first-order valence-corrected chi connectivity index (χ1v) is 9.16. The summed E-state index contributed by atoms with van der Waals surface area (Å²) < 4.78 is 23.9. The van der Waals surface area contributed by atoms with Crippen LogP contribution in [0.2, 0.25) is 0 Å². The van der Waals surface area contributed by atoms with Gasteiger partial charge in [-0.05, 0) is 31.0 Å². The molecule has 2 rings (SSSR count). The van der Waals surface area contributed by atoms with E-state index in [1.807, 2.05) is 30.3 Å². The molecule has 2 aromatic rings. The van der Waals surface area contributed by atoms with Gasteiger partial charge in [-0.25, -0.2) is 9.18 Å². The van der Waals surface area contributed by atoms with Gasteiger partial charge in [0.25, 0.3) is 0 Å². The Morgan fingerprint density at radius 2 is 1.79 bits per heavy atom. The highest BCUT2D eigenvalue weighted by Crippen LogP contribution is 2.15. The van der Waals surface area contributed by atoms with E-state index in [0.717, 1.165) is 5.56 Å². The third-order valence-electron chi connectivity index (χ3n) is 3.80. The number of carbonyl (C=O) groups is 2. The number of nitrogens with one attached hydrogen (secondary N) is 2. The standard InChI is InChI=1S/C21H25FN2O4/c1-16(14-27-19-11-6-5-10-18(19)22)24-20(25)12-7-13-23-21(26)28-15-17-8-3-2-4-9-17/h2-6,8-11,16H,7,12-15H2,1H3,(H,23,26)(H,24,25). The van der Waals surface area contributed by atoms with Gasteiger partial charge in [-0.1, -0.05) is 42.5 Å². The molecule has 0 bridgehead atoms. The lowest BCUT2D eigenvalue weighted by atomic mass is 10.2. The van der Waals surface area contributed by atoms with Crippen molar-refractivity contribution in [3.63, 3.8) is 0 Å². The van der Waals surface area contributed by atoms with Crippen molar-refractivity contribution in [1.82, 2.24) is 10.6 Å². The molecule has 6 nitrogen and oxygen atoms in total. The molecule has 0 saturated carbocycles. The zero-order valence-corrected chi connectivity index (χ0v) is 15.8. The third kappa shape index (κ3) is 8.07. The molecule has 28 heavy (non-hydrogen) atoms. The molecular formula is C21H25FN2O4. The number of amides is 2. The number of carbonyl (C=O) groups excluding carboxylic acids is 2. The van der Waals surface area contributed by atoms with Gasteiger partial charge in [-0.15, -0.1) is 0 Å². The van der Waals surface area contributed by atoms with Crippen LogP contribution in [0.15, 0.2) is 54.6 Å². The van der Waals surface area contributed by atoms with Crippen LogP contribution < -0.4 is 15.4 Å². The van der Waals surface area contributed by atoms with Crippen molar-refractivity contribution < 1.29 is 23.5 Å². The molecule has 2 aromatic carbocycles. The Kier molecular flexibility index (Phi) is 8.78. The summed E-state index contributed by atoms with van der Waals surface area (Å²) in [6.07, 6.45) is 0.215. The molecule has 0 aromatic heterocycles. The Balaban J connectivity index is 1.54. The van der Waals surface area contributed by atoms with Crippen LogP contribution in [0.5, 0.6) is 5.75 Å². The second-order valence-electron chi connectivity index (χ2n) is 6.30. The van der Waals surface area contributed by atoms with Crippen molar-refractivity contribution in [3.05, 3.63) is 66.0 Å². The van der Waals surface area contributed by atoms with Gasteiger partial charge >= 0.3 is 6.09 Å². The zero-order valence-electron chi connectivity index (χ0n) is 15.8. The normalized spacial score (nSPS) is 11.4. The smallest absolute Gasteiger partial charge is 0.407 e. The number of hydrogen-bond donors (Lipinski definition) is 2. The largest absolute Gasteiger partial charge is 0.488 e. The number of halogens is 1. The Labute approximate surface area is 164 Å². The number of alkyl carbamates (subject to hydrolysis) is 1. The fraction of sp³-hybridized carbons (Fsp3) is 0.333. The van der Waals surface area contributed by atoms with E-state index >= 15 is 0 Å². The summed E-state index contributed by atoms with van der Waals surface area (Å²) in [5.74, 6) is -0.447. The van der Waals surface area contributed by atoms with Crippen LogP contribution in [-0.2, 0) is 16.1 Å². The van der Waals surface area contributed by atoms with E-state index in [2.05, 4.69) is 10.6 Å². The minimum atomic E-state index is -0.518. The Hall–Kier alpha value is -3.09. The van der Waals surface area contributed by atoms with E-state index in [1.165, 1.54) is 12.1 Å². The lowest BCUT2D eigenvalue weighted by molar-refractivity contribution is -0.122. The monoisotopic (exact) mass is 388 g/mol. The summed E-state index contributed by atoms with van der Waals surface area (Å²) in [7, 11) is 0.